The van der Waals surface area contributed by atoms with E-state index in [0.717, 1.165) is 6.42 Å². The lowest BCUT2D eigenvalue weighted by Crippen LogP contribution is -1.83. The van der Waals surface area contributed by atoms with Crippen LogP contribution >= 0.6 is 0 Å². The van der Waals surface area contributed by atoms with E-state index in [-0.39, 0.29) is 0 Å². The van der Waals surface area contributed by atoms with Crippen LogP contribution in [-0.4, -0.2) is 0 Å². The number of hydrogen-bond acceptors (Lipinski definition) is 0. The summed E-state index contributed by atoms with van der Waals surface area (Å²) in [6, 6.07) is 0. The molecule has 0 amide bonds. The number of rotatable bonds is 3. The fourth-order valence-electron chi connectivity index (χ4n) is 0.635. The highest BCUT2D eigenvalue weighted by Crippen LogP contribution is 2.05. The first-order valence-corrected chi connectivity index (χ1v) is 3.50. The lowest BCUT2D eigenvalue weighted by Gasteiger charge is -1.98. The average Bonchev–Trinajstić information content (AvgIpc) is 1.87. The molecular weight excluding hydrogens is 108 g/mol. The van der Waals surface area contributed by atoms with Gasteiger partial charge in [-0.2, -0.15) is 0 Å². The van der Waals surface area contributed by atoms with E-state index in [2.05, 4.69) is 33.4 Å². The summed E-state index contributed by atoms with van der Waals surface area (Å²) in [7, 11) is 0. The van der Waals surface area contributed by atoms with Gasteiger partial charge in [0, 0.05) is 0 Å². The fourth-order valence-corrected chi connectivity index (χ4v) is 0.635. The minimum Gasteiger partial charge on any atom is -0.102 e. The van der Waals surface area contributed by atoms with Crippen LogP contribution in [0.4, 0.5) is 0 Å². The Kier molecular flexibility index (Phi) is 4.12. The topological polar surface area (TPSA) is 0 Å². The van der Waals surface area contributed by atoms with Crippen LogP contribution in [0, 0.1) is 5.92 Å². The molecule has 0 N–H and O–H groups in total. The van der Waals surface area contributed by atoms with Crippen molar-refractivity contribution in [2.75, 3.05) is 0 Å². The monoisotopic (exact) mass is 124 g/mol. The van der Waals surface area contributed by atoms with Gasteiger partial charge in [0.05, 0.1) is 0 Å². The molecule has 0 spiro atoms. The summed E-state index contributed by atoms with van der Waals surface area (Å²) >= 11 is 0. The first kappa shape index (κ1) is 8.48. The molecule has 9 heavy (non-hydrogen) atoms. The molecular formula is C9H16. The van der Waals surface area contributed by atoms with E-state index in [1.807, 2.05) is 6.08 Å². The van der Waals surface area contributed by atoms with E-state index < -0.39 is 0 Å². The van der Waals surface area contributed by atoms with E-state index in [4.69, 9.17) is 0 Å². The van der Waals surface area contributed by atoms with Crippen molar-refractivity contribution in [1.82, 2.24) is 0 Å². The maximum atomic E-state index is 3.70. The van der Waals surface area contributed by atoms with Gasteiger partial charge in [0.25, 0.3) is 0 Å². The first-order valence-electron chi connectivity index (χ1n) is 3.50. The Labute approximate surface area is 58.3 Å². The van der Waals surface area contributed by atoms with E-state index in [1.54, 1.807) is 0 Å². The predicted molar refractivity (Wildman–Crippen MR) is 43.4 cm³/mol. The van der Waals surface area contributed by atoms with Gasteiger partial charge in [0.2, 0.25) is 0 Å². The summed E-state index contributed by atoms with van der Waals surface area (Å²) in [6.45, 7) is 10.2. The minimum atomic E-state index is 0.532. The number of hydrogen-bond donors (Lipinski definition) is 0. The Balaban J connectivity index is 3.78. The lowest BCUT2D eigenvalue weighted by molar-refractivity contribution is 0.910. The highest BCUT2D eigenvalue weighted by Gasteiger charge is 1.88. The highest BCUT2D eigenvalue weighted by molar-refractivity contribution is 5.03. The quantitative estimate of drug-likeness (QED) is 0.507. The molecule has 0 fully saturated rings. The standard InChI is InChI=1S/C9H16/c1-5-8(3)7-9(4)6-2/h5,7-8H,1,6H2,2-4H3. The van der Waals surface area contributed by atoms with Gasteiger partial charge in [-0.1, -0.05) is 31.6 Å². The zero-order chi connectivity index (χ0) is 7.28. The molecule has 0 aliphatic carbocycles. The van der Waals surface area contributed by atoms with Gasteiger partial charge in [-0.25, -0.2) is 0 Å². The van der Waals surface area contributed by atoms with Gasteiger partial charge < -0.3 is 0 Å². The van der Waals surface area contributed by atoms with Crippen molar-refractivity contribution in [2.45, 2.75) is 27.2 Å². The first-order chi connectivity index (χ1) is 4.20. The van der Waals surface area contributed by atoms with E-state index in [1.165, 1.54) is 5.57 Å². The molecule has 0 heteroatoms. The third-order valence-corrected chi connectivity index (χ3v) is 1.48. The Morgan fingerprint density at radius 2 is 2.22 bits per heavy atom. The normalized spacial score (nSPS) is 15.2. The van der Waals surface area contributed by atoms with Crippen LogP contribution < -0.4 is 0 Å². The number of allylic oxidation sites excluding steroid dienone is 3. The molecule has 0 aliphatic heterocycles. The Hall–Kier alpha value is -0.520. The van der Waals surface area contributed by atoms with Crippen molar-refractivity contribution < 1.29 is 0 Å². The third-order valence-electron chi connectivity index (χ3n) is 1.48. The van der Waals surface area contributed by atoms with Crippen LogP contribution in [0.1, 0.15) is 27.2 Å². The summed E-state index contributed by atoms with van der Waals surface area (Å²) in [5.41, 5.74) is 1.45. The molecule has 1 atom stereocenters. The third kappa shape index (κ3) is 4.01. The largest absolute Gasteiger partial charge is 0.102 e. The van der Waals surface area contributed by atoms with Crippen molar-refractivity contribution in [2.24, 2.45) is 5.92 Å². The smallest absolute Gasteiger partial charge is 0.00820 e. The molecule has 0 saturated carbocycles. The molecule has 1 unspecified atom stereocenters. The molecule has 0 aromatic carbocycles. The van der Waals surface area contributed by atoms with Crippen molar-refractivity contribution in [3.05, 3.63) is 24.3 Å². The van der Waals surface area contributed by atoms with Crippen molar-refractivity contribution in [3.8, 4) is 0 Å². The predicted octanol–water partition coefficient (Wildman–Crippen LogP) is 3.16. The summed E-state index contributed by atoms with van der Waals surface area (Å²) in [5, 5.41) is 0. The van der Waals surface area contributed by atoms with E-state index in [9.17, 15) is 0 Å². The zero-order valence-electron chi connectivity index (χ0n) is 6.65. The highest BCUT2D eigenvalue weighted by atomic mass is 13.9. The molecule has 0 radical (unpaired) electrons. The van der Waals surface area contributed by atoms with Gasteiger partial charge in [-0.05, 0) is 19.3 Å². The second kappa shape index (κ2) is 4.37. The van der Waals surface area contributed by atoms with Gasteiger partial charge in [-0.15, -0.1) is 6.58 Å². The van der Waals surface area contributed by atoms with Crippen LogP contribution in [-0.2, 0) is 0 Å². The van der Waals surface area contributed by atoms with Gasteiger partial charge in [0.1, 0.15) is 0 Å². The molecule has 0 aromatic heterocycles. The van der Waals surface area contributed by atoms with E-state index >= 15 is 0 Å². The molecule has 0 aliphatic rings. The van der Waals surface area contributed by atoms with Crippen molar-refractivity contribution in [3.63, 3.8) is 0 Å². The molecule has 0 aromatic rings. The van der Waals surface area contributed by atoms with Crippen LogP contribution in [0.5, 0.6) is 0 Å². The van der Waals surface area contributed by atoms with Crippen molar-refractivity contribution in [1.29, 1.82) is 0 Å². The molecule has 0 heterocycles. The molecule has 52 valence electrons. The van der Waals surface area contributed by atoms with Crippen LogP contribution in [0.3, 0.4) is 0 Å². The maximum absolute atomic E-state index is 3.70. The van der Waals surface area contributed by atoms with Crippen LogP contribution in [0.2, 0.25) is 0 Å². The van der Waals surface area contributed by atoms with Gasteiger partial charge in [0.15, 0.2) is 0 Å². The van der Waals surface area contributed by atoms with Crippen LogP contribution in [0.25, 0.3) is 0 Å². The molecule has 0 rings (SSSR count). The van der Waals surface area contributed by atoms with Crippen LogP contribution in [0.15, 0.2) is 24.3 Å². The van der Waals surface area contributed by atoms with E-state index in [0.29, 0.717) is 5.92 Å². The second-order valence-electron chi connectivity index (χ2n) is 2.46. The maximum Gasteiger partial charge on any atom is -0.00820 e. The molecule has 0 bridgehead atoms. The summed E-state index contributed by atoms with van der Waals surface area (Å²) in [4.78, 5) is 0. The summed E-state index contributed by atoms with van der Waals surface area (Å²) in [6.07, 6.45) is 5.35. The Morgan fingerprint density at radius 3 is 2.56 bits per heavy atom. The molecule has 0 nitrogen and oxygen atoms in total. The Bertz CT molecular complexity index is 109. The average molecular weight is 124 g/mol. The fraction of sp³-hybridized carbons (Fsp3) is 0.556. The SMILES string of the molecule is C=CC(C)C=C(C)CC. The summed E-state index contributed by atoms with van der Waals surface area (Å²) < 4.78 is 0. The summed E-state index contributed by atoms with van der Waals surface area (Å²) in [5.74, 6) is 0.532. The minimum absolute atomic E-state index is 0.532. The zero-order valence-corrected chi connectivity index (χ0v) is 6.65. The van der Waals surface area contributed by atoms with Gasteiger partial charge >= 0.3 is 0 Å². The molecule has 0 saturated heterocycles. The van der Waals surface area contributed by atoms with Gasteiger partial charge in [-0.3, -0.25) is 0 Å². The Morgan fingerprint density at radius 1 is 1.67 bits per heavy atom. The second-order valence-corrected chi connectivity index (χ2v) is 2.46. The lowest BCUT2D eigenvalue weighted by atomic mass is 10.1. The van der Waals surface area contributed by atoms with Crippen molar-refractivity contribution >= 4 is 0 Å².